The summed E-state index contributed by atoms with van der Waals surface area (Å²) in [4.78, 5) is 16.0. The number of hydrogen-bond acceptors (Lipinski definition) is 4. The number of benzene rings is 2. The smallest absolute Gasteiger partial charge is 0.264 e. The lowest BCUT2D eigenvalue weighted by atomic mass is 10.1. The fourth-order valence-electron chi connectivity index (χ4n) is 4.10. The van der Waals surface area contributed by atoms with Crippen molar-refractivity contribution in [3.05, 3.63) is 48.0 Å². The van der Waals surface area contributed by atoms with Gasteiger partial charge in [-0.05, 0) is 49.2 Å². The maximum absolute atomic E-state index is 13.4. The van der Waals surface area contributed by atoms with Crippen molar-refractivity contribution < 1.29 is 13.2 Å². The summed E-state index contributed by atoms with van der Waals surface area (Å²) in [5.74, 6) is -0.0233. The second-order valence-corrected chi connectivity index (χ2v) is 9.08. The number of nitrogens with zero attached hydrogens (tertiary/aromatic N) is 3. The van der Waals surface area contributed by atoms with Crippen LogP contribution in [0.15, 0.2) is 47.4 Å². The average molecular weight is 385 g/mol. The minimum Gasteiger partial charge on any atom is -0.371 e. The largest absolute Gasteiger partial charge is 0.371 e. The predicted molar refractivity (Wildman–Crippen MR) is 107 cm³/mol. The van der Waals surface area contributed by atoms with Gasteiger partial charge in [0.25, 0.3) is 10.0 Å². The first kappa shape index (κ1) is 17.9. The van der Waals surface area contributed by atoms with Crippen molar-refractivity contribution in [2.24, 2.45) is 0 Å². The van der Waals surface area contributed by atoms with Crippen molar-refractivity contribution >= 4 is 33.0 Å². The van der Waals surface area contributed by atoms with Crippen LogP contribution in [0.25, 0.3) is 0 Å². The van der Waals surface area contributed by atoms with Gasteiger partial charge in [0.15, 0.2) is 0 Å². The van der Waals surface area contributed by atoms with E-state index in [1.54, 1.807) is 23.1 Å². The number of amides is 1. The van der Waals surface area contributed by atoms with Crippen LogP contribution in [0.5, 0.6) is 0 Å². The number of carbonyl (C=O) groups is 1. The van der Waals surface area contributed by atoms with Crippen molar-refractivity contribution in [2.75, 3.05) is 34.2 Å². The molecule has 2 aromatic carbocycles. The molecule has 0 N–H and O–H groups in total. The number of likely N-dealkylation sites (N-methyl/N-ethyl adjacent to an activating group) is 1. The lowest BCUT2D eigenvalue weighted by Crippen LogP contribution is -2.42. The van der Waals surface area contributed by atoms with Gasteiger partial charge in [0.1, 0.15) is 0 Å². The Morgan fingerprint density at radius 1 is 1.04 bits per heavy atom. The molecule has 2 aliphatic heterocycles. The molecule has 4 rings (SSSR count). The van der Waals surface area contributed by atoms with Crippen LogP contribution in [0.1, 0.15) is 19.4 Å². The van der Waals surface area contributed by atoms with Crippen LogP contribution in [0.4, 0.5) is 17.1 Å². The molecule has 2 heterocycles. The fraction of sp³-hybridized carbons (Fsp3) is 0.350. The monoisotopic (exact) mass is 385 g/mol. The number of para-hydroxylation sites is 2. The van der Waals surface area contributed by atoms with Crippen molar-refractivity contribution in [3.63, 3.8) is 0 Å². The molecule has 0 saturated carbocycles. The minimum atomic E-state index is -3.67. The van der Waals surface area contributed by atoms with Gasteiger partial charge in [-0.3, -0.25) is 9.10 Å². The van der Waals surface area contributed by atoms with Crippen LogP contribution < -0.4 is 14.1 Å². The second-order valence-electron chi connectivity index (χ2n) is 7.22. The first-order valence-corrected chi connectivity index (χ1v) is 10.5. The molecule has 2 aliphatic rings. The number of rotatable bonds is 2. The number of hydrogen-bond donors (Lipinski definition) is 0. The summed E-state index contributed by atoms with van der Waals surface area (Å²) >= 11 is 0. The van der Waals surface area contributed by atoms with Gasteiger partial charge in [0, 0.05) is 32.2 Å². The zero-order valence-corrected chi connectivity index (χ0v) is 16.5. The molecule has 2 aromatic rings. The third-order valence-corrected chi connectivity index (χ3v) is 7.20. The Balaban J connectivity index is 1.76. The van der Waals surface area contributed by atoms with Gasteiger partial charge in [-0.1, -0.05) is 12.1 Å². The summed E-state index contributed by atoms with van der Waals surface area (Å²) in [5.41, 5.74) is 3.32. The van der Waals surface area contributed by atoms with E-state index >= 15 is 0 Å². The molecule has 1 amide bonds. The Kier molecular flexibility index (Phi) is 4.14. The first-order chi connectivity index (χ1) is 12.8. The third-order valence-electron chi connectivity index (χ3n) is 5.39. The summed E-state index contributed by atoms with van der Waals surface area (Å²) in [6.07, 6.45) is 0.664. The van der Waals surface area contributed by atoms with Crippen molar-refractivity contribution in [3.8, 4) is 0 Å². The van der Waals surface area contributed by atoms with E-state index in [1.165, 1.54) is 11.2 Å². The molecule has 1 atom stereocenters. The van der Waals surface area contributed by atoms with Crippen LogP contribution >= 0.6 is 0 Å². The van der Waals surface area contributed by atoms with E-state index in [0.717, 1.165) is 16.9 Å². The number of anilines is 3. The molecular formula is C20H23N3O3S. The summed E-state index contributed by atoms with van der Waals surface area (Å²) < 4.78 is 28.3. The van der Waals surface area contributed by atoms with Gasteiger partial charge in [-0.25, -0.2) is 8.42 Å². The van der Waals surface area contributed by atoms with Gasteiger partial charge < -0.3 is 9.80 Å². The Hall–Kier alpha value is -2.54. The molecule has 0 aromatic heterocycles. The summed E-state index contributed by atoms with van der Waals surface area (Å²) in [6, 6.07) is 12.7. The molecule has 0 aliphatic carbocycles. The standard InChI is InChI=1S/C20H23N3O3S/c1-14-12-16-13-17(8-9-18(16)23(14)15(2)24)27(25,26)22-11-10-21(3)19-6-4-5-7-20(19)22/h4-9,13-14H,10-12H2,1-3H3. The van der Waals surface area contributed by atoms with E-state index in [-0.39, 0.29) is 16.8 Å². The molecule has 0 bridgehead atoms. The Morgan fingerprint density at radius 2 is 1.74 bits per heavy atom. The van der Waals surface area contributed by atoms with Gasteiger partial charge in [0.05, 0.1) is 22.8 Å². The van der Waals surface area contributed by atoms with Crippen molar-refractivity contribution in [1.82, 2.24) is 0 Å². The molecule has 7 heteroatoms. The van der Waals surface area contributed by atoms with Crippen LogP contribution in [-0.4, -0.2) is 40.5 Å². The summed E-state index contributed by atoms with van der Waals surface area (Å²) in [6.45, 7) is 4.56. The summed E-state index contributed by atoms with van der Waals surface area (Å²) in [7, 11) is -1.70. The highest BCUT2D eigenvalue weighted by molar-refractivity contribution is 7.92. The van der Waals surface area contributed by atoms with Crippen LogP contribution in [-0.2, 0) is 21.2 Å². The number of sulfonamides is 1. The Labute approximate surface area is 160 Å². The maximum Gasteiger partial charge on any atom is 0.264 e. The van der Waals surface area contributed by atoms with Crippen molar-refractivity contribution in [2.45, 2.75) is 31.2 Å². The van der Waals surface area contributed by atoms with Gasteiger partial charge in [0.2, 0.25) is 5.91 Å². The van der Waals surface area contributed by atoms with E-state index in [2.05, 4.69) is 4.90 Å². The molecule has 0 spiro atoms. The van der Waals surface area contributed by atoms with Gasteiger partial charge >= 0.3 is 0 Å². The van der Waals surface area contributed by atoms with E-state index < -0.39 is 10.0 Å². The molecule has 27 heavy (non-hydrogen) atoms. The quantitative estimate of drug-likeness (QED) is 0.797. The highest BCUT2D eigenvalue weighted by Gasteiger charge is 2.34. The highest BCUT2D eigenvalue weighted by atomic mass is 32.2. The topological polar surface area (TPSA) is 60.9 Å². The fourth-order valence-corrected chi connectivity index (χ4v) is 5.63. The molecule has 142 valence electrons. The third kappa shape index (κ3) is 2.77. The minimum absolute atomic E-state index is 0.0233. The summed E-state index contributed by atoms with van der Waals surface area (Å²) in [5, 5.41) is 0. The molecular weight excluding hydrogens is 362 g/mol. The molecule has 1 unspecified atom stereocenters. The molecule has 0 fully saturated rings. The van der Waals surface area contributed by atoms with Gasteiger partial charge in [-0.2, -0.15) is 0 Å². The molecule has 0 radical (unpaired) electrons. The van der Waals surface area contributed by atoms with Gasteiger partial charge in [-0.15, -0.1) is 0 Å². The number of carbonyl (C=O) groups excluding carboxylic acids is 1. The van der Waals surface area contributed by atoms with Crippen LogP contribution in [0, 0.1) is 0 Å². The molecule has 0 saturated heterocycles. The lowest BCUT2D eigenvalue weighted by molar-refractivity contribution is -0.116. The van der Waals surface area contributed by atoms with Crippen molar-refractivity contribution in [1.29, 1.82) is 0 Å². The van der Waals surface area contributed by atoms with E-state index in [1.807, 2.05) is 38.2 Å². The lowest BCUT2D eigenvalue weighted by Gasteiger charge is -2.36. The number of fused-ring (bicyclic) bond motifs is 2. The highest BCUT2D eigenvalue weighted by Crippen LogP contribution is 2.38. The predicted octanol–water partition coefficient (Wildman–Crippen LogP) is 2.63. The second kappa shape index (κ2) is 6.27. The zero-order chi connectivity index (χ0) is 19.3. The zero-order valence-electron chi connectivity index (χ0n) is 15.7. The van der Waals surface area contributed by atoms with E-state index in [4.69, 9.17) is 0 Å². The Bertz CT molecular complexity index is 1020. The van der Waals surface area contributed by atoms with E-state index in [0.29, 0.717) is 25.2 Å². The SMILES string of the molecule is CC(=O)N1c2ccc(S(=O)(=O)N3CCN(C)c4ccccc43)cc2CC1C. The van der Waals surface area contributed by atoms with Crippen LogP contribution in [0.3, 0.4) is 0 Å². The van der Waals surface area contributed by atoms with Crippen LogP contribution in [0.2, 0.25) is 0 Å². The Morgan fingerprint density at radius 3 is 2.44 bits per heavy atom. The molecule has 6 nitrogen and oxygen atoms in total. The van der Waals surface area contributed by atoms with E-state index in [9.17, 15) is 13.2 Å². The maximum atomic E-state index is 13.4. The first-order valence-electron chi connectivity index (χ1n) is 9.06. The normalized spacial score (nSPS) is 19.1. The average Bonchev–Trinajstić information content (AvgIpc) is 2.97.